The summed E-state index contributed by atoms with van der Waals surface area (Å²) in [5.41, 5.74) is 1.69. The number of rotatable bonds is 5. The Morgan fingerprint density at radius 2 is 1.63 bits per heavy atom. The SMILES string of the molecule is O=C(Nc1nc(Nc2ccccc2)nc(-c2ccccc2)n1)C1CCOC1. The van der Waals surface area contributed by atoms with Crippen LogP contribution in [0.4, 0.5) is 17.6 Å². The first-order valence-corrected chi connectivity index (χ1v) is 8.80. The minimum absolute atomic E-state index is 0.136. The average Bonchev–Trinajstić information content (AvgIpc) is 3.24. The number of carbonyl (C=O) groups excluding carboxylic acids is 1. The van der Waals surface area contributed by atoms with E-state index in [9.17, 15) is 4.79 Å². The molecule has 1 aliphatic heterocycles. The standard InChI is InChI=1S/C20H19N5O2/c26-18(15-11-12-27-13-15)24-20-23-17(14-7-3-1-4-8-14)22-19(25-20)21-16-9-5-2-6-10-16/h1-10,15H,11-13H2,(H2,21,22,23,24,25,26). The van der Waals surface area contributed by atoms with Crippen LogP contribution in [0, 0.1) is 5.92 Å². The van der Waals surface area contributed by atoms with Gasteiger partial charge in [0, 0.05) is 17.9 Å². The fourth-order valence-corrected chi connectivity index (χ4v) is 2.81. The molecule has 27 heavy (non-hydrogen) atoms. The van der Waals surface area contributed by atoms with Gasteiger partial charge in [-0.2, -0.15) is 15.0 Å². The van der Waals surface area contributed by atoms with E-state index >= 15 is 0 Å². The molecule has 2 heterocycles. The first kappa shape index (κ1) is 17.1. The summed E-state index contributed by atoms with van der Waals surface area (Å²) in [4.78, 5) is 25.7. The van der Waals surface area contributed by atoms with Gasteiger partial charge in [0.1, 0.15) is 0 Å². The highest BCUT2D eigenvalue weighted by Crippen LogP contribution is 2.21. The summed E-state index contributed by atoms with van der Waals surface area (Å²) in [6.45, 7) is 1.03. The summed E-state index contributed by atoms with van der Waals surface area (Å²) >= 11 is 0. The maximum absolute atomic E-state index is 12.4. The number of hydrogen-bond donors (Lipinski definition) is 2. The number of benzene rings is 2. The molecule has 1 unspecified atom stereocenters. The largest absolute Gasteiger partial charge is 0.381 e. The Balaban J connectivity index is 1.64. The number of nitrogens with one attached hydrogen (secondary N) is 2. The van der Waals surface area contributed by atoms with Crippen molar-refractivity contribution < 1.29 is 9.53 Å². The van der Waals surface area contributed by atoms with Crippen LogP contribution >= 0.6 is 0 Å². The quantitative estimate of drug-likeness (QED) is 0.725. The van der Waals surface area contributed by atoms with E-state index in [1.54, 1.807) is 0 Å². The van der Waals surface area contributed by atoms with Crippen molar-refractivity contribution in [3.63, 3.8) is 0 Å². The van der Waals surface area contributed by atoms with E-state index in [1.165, 1.54) is 0 Å². The molecule has 4 rings (SSSR count). The summed E-state index contributed by atoms with van der Waals surface area (Å²) in [6, 6.07) is 19.2. The van der Waals surface area contributed by atoms with Crippen LogP contribution in [0.25, 0.3) is 11.4 Å². The molecule has 1 aliphatic rings. The number of para-hydroxylation sites is 1. The van der Waals surface area contributed by atoms with Crippen molar-refractivity contribution >= 4 is 23.5 Å². The molecule has 136 valence electrons. The first-order chi connectivity index (χ1) is 13.3. The first-order valence-electron chi connectivity index (χ1n) is 8.80. The molecule has 2 N–H and O–H groups in total. The van der Waals surface area contributed by atoms with Gasteiger partial charge in [-0.15, -0.1) is 0 Å². The highest BCUT2D eigenvalue weighted by Gasteiger charge is 2.24. The third-order valence-electron chi connectivity index (χ3n) is 4.23. The van der Waals surface area contributed by atoms with Gasteiger partial charge in [-0.1, -0.05) is 48.5 Å². The molecular formula is C20H19N5O2. The number of ether oxygens (including phenoxy) is 1. The monoisotopic (exact) mass is 361 g/mol. The normalized spacial score (nSPS) is 16.1. The van der Waals surface area contributed by atoms with Crippen LogP contribution in [0.2, 0.25) is 0 Å². The molecule has 3 aromatic rings. The van der Waals surface area contributed by atoms with Crippen LogP contribution in [-0.4, -0.2) is 34.1 Å². The summed E-state index contributed by atoms with van der Waals surface area (Å²) in [5.74, 6) is 0.769. The van der Waals surface area contributed by atoms with Crippen LogP contribution in [0.1, 0.15) is 6.42 Å². The van der Waals surface area contributed by atoms with Gasteiger partial charge in [0.2, 0.25) is 17.8 Å². The maximum Gasteiger partial charge on any atom is 0.234 e. The summed E-state index contributed by atoms with van der Waals surface area (Å²) in [6.07, 6.45) is 0.706. The lowest BCUT2D eigenvalue weighted by Gasteiger charge is -2.11. The fourth-order valence-electron chi connectivity index (χ4n) is 2.81. The molecule has 1 atom stereocenters. The second-order valence-corrected chi connectivity index (χ2v) is 6.21. The second kappa shape index (κ2) is 7.92. The lowest BCUT2D eigenvalue weighted by molar-refractivity contribution is -0.119. The van der Waals surface area contributed by atoms with Crippen molar-refractivity contribution in [3.05, 3.63) is 60.7 Å². The molecule has 0 bridgehead atoms. The predicted molar refractivity (Wildman–Crippen MR) is 103 cm³/mol. The minimum Gasteiger partial charge on any atom is -0.381 e. The third-order valence-corrected chi connectivity index (χ3v) is 4.23. The van der Waals surface area contributed by atoms with Gasteiger partial charge in [-0.25, -0.2) is 0 Å². The molecule has 0 saturated carbocycles. The Morgan fingerprint density at radius 3 is 2.33 bits per heavy atom. The molecule has 1 fully saturated rings. The molecule has 0 spiro atoms. The average molecular weight is 361 g/mol. The number of anilines is 3. The van der Waals surface area contributed by atoms with Crippen molar-refractivity contribution in [2.75, 3.05) is 23.8 Å². The molecule has 1 amide bonds. The maximum atomic E-state index is 12.4. The summed E-state index contributed by atoms with van der Waals surface area (Å²) in [5, 5.41) is 5.96. The Kier molecular flexibility index (Phi) is 5.02. The van der Waals surface area contributed by atoms with Gasteiger partial charge < -0.3 is 10.1 Å². The Morgan fingerprint density at radius 1 is 0.926 bits per heavy atom. The number of nitrogens with zero attached hydrogens (tertiary/aromatic N) is 3. The van der Waals surface area contributed by atoms with Crippen molar-refractivity contribution in [3.8, 4) is 11.4 Å². The van der Waals surface area contributed by atoms with Gasteiger partial charge in [0.15, 0.2) is 5.82 Å². The van der Waals surface area contributed by atoms with E-state index in [-0.39, 0.29) is 17.8 Å². The number of hydrogen-bond acceptors (Lipinski definition) is 6. The van der Waals surface area contributed by atoms with E-state index in [0.29, 0.717) is 31.4 Å². The Bertz CT molecular complexity index is 912. The zero-order chi connectivity index (χ0) is 18.5. The van der Waals surface area contributed by atoms with Crippen molar-refractivity contribution in [1.29, 1.82) is 0 Å². The van der Waals surface area contributed by atoms with Crippen LogP contribution in [0.15, 0.2) is 60.7 Å². The van der Waals surface area contributed by atoms with Crippen LogP contribution in [0.5, 0.6) is 0 Å². The minimum atomic E-state index is -0.174. The smallest absolute Gasteiger partial charge is 0.234 e. The Labute approximate surface area is 156 Å². The van der Waals surface area contributed by atoms with E-state index in [2.05, 4.69) is 25.6 Å². The topological polar surface area (TPSA) is 89.0 Å². The molecular weight excluding hydrogens is 342 g/mol. The lowest BCUT2D eigenvalue weighted by atomic mass is 10.1. The number of aromatic nitrogens is 3. The summed E-state index contributed by atoms with van der Waals surface area (Å²) in [7, 11) is 0. The predicted octanol–water partition coefficient (Wildman–Crippen LogP) is 3.26. The highest BCUT2D eigenvalue weighted by molar-refractivity contribution is 5.91. The molecule has 7 heteroatoms. The number of carbonyl (C=O) groups is 1. The van der Waals surface area contributed by atoms with Gasteiger partial charge in [0.25, 0.3) is 0 Å². The van der Waals surface area contributed by atoms with Crippen LogP contribution < -0.4 is 10.6 Å². The lowest BCUT2D eigenvalue weighted by Crippen LogP contribution is -2.24. The zero-order valence-corrected chi connectivity index (χ0v) is 14.6. The molecule has 2 aromatic carbocycles. The zero-order valence-electron chi connectivity index (χ0n) is 14.6. The van der Waals surface area contributed by atoms with Crippen molar-refractivity contribution in [2.24, 2.45) is 5.92 Å². The third kappa shape index (κ3) is 4.27. The molecule has 1 aromatic heterocycles. The van der Waals surface area contributed by atoms with Crippen LogP contribution in [0.3, 0.4) is 0 Å². The molecule has 7 nitrogen and oxygen atoms in total. The molecule has 0 aliphatic carbocycles. The summed E-state index contributed by atoms with van der Waals surface area (Å²) < 4.78 is 5.29. The van der Waals surface area contributed by atoms with Gasteiger partial charge in [-0.05, 0) is 18.6 Å². The van der Waals surface area contributed by atoms with Crippen molar-refractivity contribution in [1.82, 2.24) is 15.0 Å². The van der Waals surface area contributed by atoms with Gasteiger partial charge in [-0.3, -0.25) is 10.1 Å². The number of amides is 1. The van der Waals surface area contributed by atoms with Crippen molar-refractivity contribution in [2.45, 2.75) is 6.42 Å². The van der Waals surface area contributed by atoms with Crippen LogP contribution in [-0.2, 0) is 9.53 Å². The fraction of sp³-hybridized carbons (Fsp3) is 0.200. The van der Waals surface area contributed by atoms with E-state index in [0.717, 1.165) is 11.3 Å². The van der Waals surface area contributed by atoms with E-state index < -0.39 is 0 Å². The van der Waals surface area contributed by atoms with Gasteiger partial charge >= 0.3 is 0 Å². The van der Waals surface area contributed by atoms with Gasteiger partial charge in [0.05, 0.1) is 12.5 Å². The highest BCUT2D eigenvalue weighted by atomic mass is 16.5. The molecule has 1 saturated heterocycles. The second-order valence-electron chi connectivity index (χ2n) is 6.21. The van der Waals surface area contributed by atoms with E-state index in [1.807, 2.05) is 60.7 Å². The molecule has 0 radical (unpaired) electrons. The van der Waals surface area contributed by atoms with E-state index in [4.69, 9.17) is 4.74 Å². The Hall–Kier alpha value is -3.32.